The number of aryl methyl sites for hydroxylation is 1. The fraction of sp³-hybridized carbons (Fsp3) is 0.312. The van der Waals surface area contributed by atoms with Gasteiger partial charge in [0.1, 0.15) is 17.3 Å². The zero-order valence-electron chi connectivity index (χ0n) is 21.0. The second kappa shape index (κ2) is 10.7. The van der Waals surface area contributed by atoms with Gasteiger partial charge in [-0.2, -0.15) is 0 Å². The second-order valence-corrected chi connectivity index (χ2v) is 8.80. The van der Waals surface area contributed by atoms with E-state index in [1.165, 1.54) is 0 Å². The van der Waals surface area contributed by atoms with Gasteiger partial charge < -0.3 is 4.42 Å². The van der Waals surface area contributed by atoms with E-state index in [9.17, 15) is 9.59 Å². The third kappa shape index (κ3) is 4.54. The Morgan fingerprint density at radius 2 is 1.51 bits per heavy atom. The van der Waals surface area contributed by atoms with E-state index in [0.29, 0.717) is 42.8 Å². The largest absolute Gasteiger partial charge is 0.460 e. The third-order valence-electron chi connectivity index (χ3n) is 6.79. The molecule has 0 bridgehead atoms. The number of hydrogen-bond acceptors (Lipinski definition) is 3. The SMILES string of the molecule is CCC(=O)c1c(CC)oc2c1[C@@H](C#Cc1ccccc1)[C@H](C(=O)CC)C(CC)=C2c1ccccc1. The summed E-state index contributed by atoms with van der Waals surface area (Å²) in [6.45, 7) is 7.86. The lowest BCUT2D eigenvalue weighted by Gasteiger charge is -2.32. The van der Waals surface area contributed by atoms with Crippen LogP contribution in [0.25, 0.3) is 5.57 Å². The molecule has 0 spiro atoms. The van der Waals surface area contributed by atoms with Crippen LogP contribution in [-0.2, 0) is 11.2 Å². The lowest BCUT2D eigenvalue weighted by molar-refractivity contribution is -0.121. The summed E-state index contributed by atoms with van der Waals surface area (Å²) in [5.74, 6) is 7.44. The molecule has 178 valence electrons. The number of fused-ring (bicyclic) bond motifs is 1. The normalized spacial score (nSPS) is 16.9. The molecule has 0 saturated heterocycles. The maximum absolute atomic E-state index is 13.6. The highest BCUT2D eigenvalue weighted by Gasteiger charge is 2.43. The molecule has 0 radical (unpaired) electrons. The van der Waals surface area contributed by atoms with Crippen molar-refractivity contribution >= 4 is 17.1 Å². The van der Waals surface area contributed by atoms with Gasteiger partial charge in [0.25, 0.3) is 0 Å². The molecule has 0 N–H and O–H groups in total. The van der Waals surface area contributed by atoms with Crippen LogP contribution in [-0.4, -0.2) is 11.6 Å². The summed E-state index contributed by atoms with van der Waals surface area (Å²) >= 11 is 0. The Morgan fingerprint density at radius 3 is 2.09 bits per heavy atom. The fourth-order valence-corrected chi connectivity index (χ4v) is 5.13. The van der Waals surface area contributed by atoms with E-state index in [1.54, 1.807) is 0 Å². The summed E-state index contributed by atoms with van der Waals surface area (Å²) in [6, 6.07) is 19.9. The van der Waals surface area contributed by atoms with Crippen molar-refractivity contribution in [3.05, 3.63) is 100 Å². The fourth-order valence-electron chi connectivity index (χ4n) is 5.13. The van der Waals surface area contributed by atoms with Gasteiger partial charge >= 0.3 is 0 Å². The Hall–Kier alpha value is -3.64. The smallest absolute Gasteiger partial charge is 0.166 e. The molecule has 3 aromatic rings. The molecule has 1 aliphatic carbocycles. The van der Waals surface area contributed by atoms with Crippen molar-refractivity contribution in [2.75, 3.05) is 0 Å². The minimum Gasteiger partial charge on any atom is -0.460 e. The van der Waals surface area contributed by atoms with Crippen molar-refractivity contribution in [1.82, 2.24) is 0 Å². The molecule has 3 nitrogen and oxygen atoms in total. The summed E-state index contributed by atoms with van der Waals surface area (Å²) in [6.07, 6.45) is 2.07. The summed E-state index contributed by atoms with van der Waals surface area (Å²) in [7, 11) is 0. The first kappa shape index (κ1) is 24.5. The third-order valence-corrected chi connectivity index (χ3v) is 6.79. The highest BCUT2D eigenvalue weighted by atomic mass is 16.3. The van der Waals surface area contributed by atoms with Gasteiger partial charge in [-0.1, -0.05) is 88.1 Å². The van der Waals surface area contributed by atoms with Crippen molar-refractivity contribution in [1.29, 1.82) is 0 Å². The maximum atomic E-state index is 13.6. The number of carbonyl (C=O) groups excluding carboxylic acids is 2. The van der Waals surface area contributed by atoms with Crippen molar-refractivity contribution < 1.29 is 14.0 Å². The van der Waals surface area contributed by atoms with Gasteiger partial charge in [-0.15, -0.1) is 0 Å². The molecule has 0 fully saturated rings. The van der Waals surface area contributed by atoms with E-state index in [0.717, 1.165) is 27.8 Å². The number of carbonyl (C=O) groups is 2. The molecule has 1 heterocycles. The molecule has 2 aromatic carbocycles. The van der Waals surface area contributed by atoms with Crippen LogP contribution in [0.4, 0.5) is 0 Å². The number of allylic oxidation sites excluding steroid dienone is 1. The zero-order chi connectivity index (χ0) is 24.9. The van der Waals surface area contributed by atoms with Crippen molar-refractivity contribution in [3.63, 3.8) is 0 Å². The molecule has 4 rings (SSSR count). The highest BCUT2D eigenvalue weighted by Crippen LogP contribution is 2.50. The van der Waals surface area contributed by atoms with Gasteiger partial charge in [0, 0.05) is 36.0 Å². The van der Waals surface area contributed by atoms with Crippen LogP contribution in [0.3, 0.4) is 0 Å². The predicted molar refractivity (Wildman–Crippen MR) is 140 cm³/mol. The Balaban J connectivity index is 2.09. The molecule has 2 atom stereocenters. The van der Waals surface area contributed by atoms with E-state index < -0.39 is 11.8 Å². The van der Waals surface area contributed by atoms with Gasteiger partial charge in [-0.05, 0) is 29.7 Å². The lowest BCUT2D eigenvalue weighted by Crippen LogP contribution is -2.29. The van der Waals surface area contributed by atoms with E-state index in [2.05, 4.69) is 18.8 Å². The standard InChI is InChI=1S/C32H32O3/c1-5-23-28(22-17-13-10-14-18-22)32-30(31(26(34)7-3)27(8-4)35-32)24(29(23)25(33)6-2)20-19-21-15-11-9-12-16-21/h9-18,24,29H,5-8H2,1-4H3/t24-,29+/m0/s1. The molecule has 1 aliphatic rings. The van der Waals surface area contributed by atoms with Crippen LogP contribution in [0, 0.1) is 17.8 Å². The Labute approximate surface area is 208 Å². The van der Waals surface area contributed by atoms with E-state index in [4.69, 9.17) is 4.42 Å². The monoisotopic (exact) mass is 464 g/mol. The number of rotatable bonds is 7. The van der Waals surface area contributed by atoms with Gasteiger partial charge in [0.2, 0.25) is 0 Å². The van der Waals surface area contributed by atoms with Gasteiger partial charge in [0.05, 0.1) is 17.4 Å². The minimum absolute atomic E-state index is 0.0356. The van der Waals surface area contributed by atoms with Crippen LogP contribution in [0.5, 0.6) is 0 Å². The molecular weight excluding hydrogens is 432 g/mol. The number of hydrogen-bond donors (Lipinski definition) is 0. The average molecular weight is 465 g/mol. The molecule has 0 amide bonds. The first-order valence-electron chi connectivity index (χ1n) is 12.6. The quantitative estimate of drug-likeness (QED) is 0.270. The topological polar surface area (TPSA) is 47.3 Å². The van der Waals surface area contributed by atoms with Crippen LogP contribution in [0.1, 0.15) is 91.4 Å². The first-order chi connectivity index (χ1) is 17.0. The average Bonchev–Trinajstić information content (AvgIpc) is 3.30. The first-order valence-corrected chi connectivity index (χ1v) is 12.6. The number of furan rings is 1. The summed E-state index contributed by atoms with van der Waals surface area (Å²) in [4.78, 5) is 26.8. The summed E-state index contributed by atoms with van der Waals surface area (Å²) in [5.41, 5.74) is 5.28. The number of benzene rings is 2. The molecule has 0 aliphatic heterocycles. The number of Topliss-reactive ketones (excluding diaryl/α,β-unsaturated/α-hetero) is 2. The van der Waals surface area contributed by atoms with Gasteiger partial charge in [-0.3, -0.25) is 9.59 Å². The van der Waals surface area contributed by atoms with Gasteiger partial charge in [0.15, 0.2) is 5.78 Å². The minimum atomic E-state index is -0.436. The lowest BCUT2D eigenvalue weighted by atomic mass is 9.68. The molecule has 0 saturated carbocycles. The van der Waals surface area contributed by atoms with Gasteiger partial charge in [-0.25, -0.2) is 0 Å². The molecule has 3 heteroatoms. The maximum Gasteiger partial charge on any atom is 0.166 e. The molecule has 1 aromatic heterocycles. The molecule has 0 unspecified atom stereocenters. The van der Waals surface area contributed by atoms with E-state index in [-0.39, 0.29) is 11.6 Å². The summed E-state index contributed by atoms with van der Waals surface area (Å²) in [5, 5.41) is 0. The highest BCUT2D eigenvalue weighted by molar-refractivity contribution is 6.03. The number of ketones is 2. The summed E-state index contributed by atoms with van der Waals surface area (Å²) < 4.78 is 6.49. The van der Waals surface area contributed by atoms with Crippen LogP contribution in [0.15, 0.2) is 70.7 Å². The van der Waals surface area contributed by atoms with Crippen molar-refractivity contribution in [2.24, 2.45) is 5.92 Å². The molecule has 35 heavy (non-hydrogen) atoms. The Kier molecular flexibility index (Phi) is 7.51. The Morgan fingerprint density at radius 1 is 0.857 bits per heavy atom. The van der Waals surface area contributed by atoms with Crippen molar-refractivity contribution in [3.8, 4) is 11.8 Å². The molecular formula is C32H32O3. The Bertz CT molecular complexity index is 1310. The van der Waals surface area contributed by atoms with Crippen LogP contribution < -0.4 is 0 Å². The van der Waals surface area contributed by atoms with Crippen LogP contribution in [0.2, 0.25) is 0 Å². The van der Waals surface area contributed by atoms with Crippen LogP contribution >= 0.6 is 0 Å². The van der Waals surface area contributed by atoms with Crippen molar-refractivity contribution in [2.45, 2.75) is 59.3 Å². The second-order valence-electron chi connectivity index (χ2n) is 8.80. The van der Waals surface area contributed by atoms with E-state index >= 15 is 0 Å². The predicted octanol–water partition coefficient (Wildman–Crippen LogP) is 7.39. The van der Waals surface area contributed by atoms with E-state index in [1.807, 2.05) is 81.4 Å². The zero-order valence-corrected chi connectivity index (χ0v) is 21.0.